The van der Waals surface area contributed by atoms with E-state index in [-0.39, 0.29) is 5.75 Å². The Bertz CT molecular complexity index is 513. The first-order valence-corrected chi connectivity index (χ1v) is 4.80. The average molecular weight is 216 g/mol. The van der Waals surface area contributed by atoms with Crippen LogP contribution in [0.2, 0.25) is 0 Å². The predicted molar refractivity (Wildman–Crippen MR) is 62.6 cm³/mol. The second-order valence-electron chi connectivity index (χ2n) is 3.41. The van der Waals surface area contributed by atoms with Crippen molar-refractivity contribution in [3.8, 4) is 5.75 Å². The van der Waals surface area contributed by atoms with Crippen LogP contribution in [0.25, 0.3) is 0 Å². The molecule has 1 heterocycles. The largest absolute Gasteiger partial charge is 0.508 e. The van der Waals surface area contributed by atoms with Gasteiger partial charge in [-0.3, -0.25) is 0 Å². The van der Waals surface area contributed by atoms with Crippen molar-refractivity contribution in [2.45, 2.75) is 6.92 Å². The van der Waals surface area contributed by atoms with Gasteiger partial charge < -0.3 is 16.2 Å². The Morgan fingerprint density at radius 2 is 2.19 bits per heavy atom. The molecule has 1 aromatic carbocycles. The summed E-state index contributed by atoms with van der Waals surface area (Å²) in [5.74, 6) is 0.648. The van der Waals surface area contributed by atoms with Crippen LogP contribution in [-0.4, -0.2) is 15.1 Å². The zero-order valence-electron chi connectivity index (χ0n) is 8.81. The van der Waals surface area contributed by atoms with Crippen molar-refractivity contribution in [2.24, 2.45) is 0 Å². The van der Waals surface area contributed by atoms with E-state index in [1.165, 1.54) is 0 Å². The summed E-state index contributed by atoms with van der Waals surface area (Å²) in [7, 11) is 0. The van der Waals surface area contributed by atoms with E-state index >= 15 is 0 Å². The van der Waals surface area contributed by atoms with E-state index in [1.807, 2.05) is 13.0 Å². The first-order valence-electron chi connectivity index (χ1n) is 4.80. The molecule has 0 aliphatic carbocycles. The maximum absolute atomic E-state index is 9.29. The Balaban J connectivity index is 2.24. The third-order valence-corrected chi connectivity index (χ3v) is 2.12. The van der Waals surface area contributed by atoms with Crippen molar-refractivity contribution in [1.29, 1.82) is 0 Å². The number of benzene rings is 1. The van der Waals surface area contributed by atoms with E-state index in [0.717, 1.165) is 11.4 Å². The minimum atomic E-state index is 0.192. The molecule has 0 aliphatic heterocycles. The number of anilines is 3. The number of nitrogens with two attached hydrogens (primary N) is 1. The van der Waals surface area contributed by atoms with Crippen molar-refractivity contribution < 1.29 is 5.11 Å². The van der Waals surface area contributed by atoms with Gasteiger partial charge in [0.15, 0.2) is 0 Å². The van der Waals surface area contributed by atoms with Crippen LogP contribution in [0.5, 0.6) is 5.75 Å². The number of phenolic OH excluding ortho intramolecular Hbond substituents is 1. The van der Waals surface area contributed by atoms with Gasteiger partial charge in [-0.15, -0.1) is 0 Å². The van der Waals surface area contributed by atoms with Crippen molar-refractivity contribution in [3.05, 3.63) is 36.2 Å². The molecule has 1 aromatic heterocycles. The SMILES string of the molecule is Cc1nc(Nc2cccc(O)c2)ncc1N. The first-order chi connectivity index (χ1) is 7.65. The van der Waals surface area contributed by atoms with E-state index in [9.17, 15) is 5.11 Å². The Morgan fingerprint density at radius 1 is 1.38 bits per heavy atom. The molecule has 0 unspecified atom stereocenters. The van der Waals surface area contributed by atoms with E-state index in [1.54, 1.807) is 24.4 Å². The van der Waals surface area contributed by atoms with Crippen LogP contribution in [0.1, 0.15) is 5.69 Å². The predicted octanol–water partition coefficient (Wildman–Crippen LogP) is 1.82. The normalized spacial score (nSPS) is 10.1. The number of aryl methyl sites for hydroxylation is 1. The van der Waals surface area contributed by atoms with Crippen LogP contribution in [0, 0.1) is 6.92 Å². The summed E-state index contributed by atoms with van der Waals surface area (Å²) < 4.78 is 0. The first kappa shape index (κ1) is 10.2. The molecule has 0 bridgehead atoms. The molecule has 0 atom stereocenters. The highest BCUT2D eigenvalue weighted by Crippen LogP contribution is 2.19. The maximum Gasteiger partial charge on any atom is 0.227 e. The summed E-state index contributed by atoms with van der Waals surface area (Å²) in [6.07, 6.45) is 1.55. The van der Waals surface area contributed by atoms with Crippen LogP contribution in [-0.2, 0) is 0 Å². The van der Waals surface area contributed by atoms with E-state index in [4.69, 9.17) is 5.73 Å². The number of hydrogen-bond acceptors (Lipinski definition) is 5. The highest BCUT2D eigenvalue weighted by atomic mass is 16.3. The van der Waals surface area contributed by atoms with Gasteiger partial charge in [0.25, 0.3) is 0 Å². The fourth-order valence-corrected chi connectivity index (χ4v) is 1.25. The Morgan fingerprint density at radius 3 is 2.88 bits per heavy atom. The molecule has 5 nitrogen and oxygen atoms in total. The number of nitrogen functional groups attached to an aromatic ring is 1. The van der Waals surface area contributed by atoms with E-state index < -0.39 is 0 Å². The molecule has 0 saturated heterocycles. The second-order valence-corrected chi connectivity index (χ2v) is 3.41. The fraction of sp³-hybridized carbons (Fsp3) is 0.0909. The van der Waals surface area contributed by atoms with Gasteiger partial charge >= 0.3 is 0 Å². The van der Waals surface area contributed by atoms with Gasteiger partial charge in [0, 0.05) is 11.8 Å². The molecule has 0 saturated carbocycles. The molecule has 0 spiro atoms. The zero-order valence-corrected chi connectivity index (χ0v) is 8.81. The van der Waals surface area contributed by atoms with E-state index in [0.29, 0.717) is 11.6 Å². The second kappa shape index (κ2) is 4.06. The molecular weight excluding hydrogens is 204 g/mol. The van der Waals surface area contributed by atoms with Crippen LogP contribution in [0.15, 0.2) is 30.5 Å². The van der Waals surface area contributed by atoms with Crippen molar-refractivity contribution in [3.63, 3.8) is 0 Å². The van der Waals surface area contributed by atoms with Gasteiger partial charge in [-0.05, 0) is 19.1 Å². The summed E-state index contributed by atoms with van der Waals surface area (Å²) in [6, 6.07) is 6.74. The van der Waals surface area contributed by atoms with Gasteiger partial charge in [0.05, 0.1) is 17.6 Å². The number of phenols is 1. The Labute approximate surface area is 93.0 Å². The monoisotopic (exact) mass is 216 g/mol. The molecule has 4 N–H and O–H groups in total. The van der Waals surface area contributed by atoms with Crippen molar-refractivity contribution >= 4 is 17.3 Å². The molecule has 0 aliphatic rings. The van der Waals surface area contributed by atoms with Crippen LogP contribution < -0.4 is 11.1 Å². The molecule has 16 heavy (non-hydrogen) atoms. The quantitative estimate of drug-likeness (QED) is 0.713. The number of aromatic hydroxyl groups is 1. The summed E-state index contributed by atoms with van der Waals surface area (Å²) in [4.78, 5) is 8.20. The molecule has 2 rings (SSSR count). The molecule has 5 heteroatoms. The lowest BCUT2D eigenvalue weighted by atomic mass is 10.3. The van der Waals surface area contributed by atoms with Gasteiger partial charge in [-0.25, -0.2) is 9.97 Å². The minimum Gasteiger partial charge on any atom is -0.508 e. The summed E-state index contributed by atoms with van der Waals surface area (Å²) in [5.41, 5.74) is 7.62. The maximum atomic E-state index is 9.29. The summed E-state index contributed by atoms with van der Waals surface area (Å²) in [5, 5.41) is 12.3. The Hall–Kier alpha value is -2.30. The summed E-state index contributed by atoms with van der Waals surface area (Å²) in [6.45, 7) is 1.81. The summed E-state index contributed by atoms with van der Waals surface area (Å²) >= 11 is 0. The molecule has 2 aromatic rings. The third-order valence-electron chi connectivity index (χ3n) is 2.12. The molecule has 82 valence electrons. The third kappa shape index (κ3) is 2.20. The molecule has 0 amide bonds. The van der Waals surface area contributed by atoms with Crippen LogP contribution in [0.3, 0.4) is 0 Å². The topological polar surface area (TPSA) is 84.1 Å². The van der Waals surface area contributed by atoms with Crippen molar-refractivity contribution in [1.82, 2.24) is 9.97 Å². The Kier molecular flexibility index (Phi) is 2.59. The number of aromatic nitrogens is 2. The zero-order chi connectivity index (χ0) is 11.5. The minimum absolute atomic E-state index is 0.192. The van der Waals surface area contributed by atoms with Crippen LogP contribution >= 0.6 is 0 Å². The lowest BCUT2D eigenvalue weighted by Gasteiger charge is -2.06. The van der Waals surface area contributed by atoms with Gasteiger partial charge in [0.2, 0.25) is 5.95 Å². The highest BCUT2D eigenvalue weighted by molar-refractivity contribution is 5.56. The van der Waals surface area contributed by atoms with Gasteiger partial charge in [0.1, 0.15) is 5.75 Å². The molecule has 0 radical (unpaired) electrons. The number of hydrogen-bond donors (Lipinski definition) is 3. The van der Waals surface area contributed by atoms with E-state index in [2.05, 4.69) is 15.3 Å². The smallest absolute Gasteiger partial charge is 0.227 e. The molecular formula is C11H12N4O. The number of rotatable bonds is 2. The van der Waals surface area contributed by atoms with Crippen LogP contribution in [0.4, 0.5) is 17.3 Å². The lowest BCUT2D eigenvalue weighted by Crippen LogP contribution is -2.01. The average Bonchev–Trinajstić information content (AvgIpc) is 2.24. The fourth-order valence-electron chi connectivity index (χ4n) is 1.25. The van der Waals surface area contributed by atoms with Gasteiger partial charge in [-0.2, -0.15) is 0 Å². The number of nitrogens with zero attached hydrogens (tertiary/aromatic N) is 2. The number of nitrogens with one attached hydrogen (secondary N) is 1. The lowest BCUT2D eigenvalue weighted by molar-refractivity contribution is 0.475. The molecule has 0 fully saturated rings. The standard InChI is InChI=1S/C11H12N4O/c1-7-10(12)6-13-11(14-7)15-8-3-2-4-9(16)5-8/h2-6,16H,12H2,1H3,(H,13,14,15). The van der Waals surface area contributed by atoms with Gasteiger partial charge in [-0.1, -0.05) is 6.07 Å². The highest BCUT2D eigenvalue weighted by Gasteiger charge is 2.01. The van der Waals surface area contributed by atoms with Crippen molar-refractivity contribution in [2.75, 3.05) is 11.1 Å².